The molecule has 0 radical (unpaired) electrons. The molecule has 4 heterocycles. The predicted octanol–water partition coefficient (Wildman–Crippen LogP) is 7.22. The summed E-state index contributed by atoms with van der Waals surface area (Å²) < 4.78 is 92.1. The Balaban J connectivity index is 0.908. The Labute approximate surface area is 512 Å². The number of nitrogens with two attached hydrogens (primary N) is 1. The van der Waals surface area contributed by atoms with Crippen molar-refractivity contribution < 1.29 is 67.8 Å². The summed E-state index contributed by atoms with van der Waals surface area (Å²) in [6.45, 7) is 8.94. The van der Waals surface area contributed by atoms with Crippen LogP contribution in [0.25, 0.3) is 10.9 Å². The molecule has 0 unspecified atom stereocenters. The Morgan fingerprint density at radius 2 is 1.23 bits per heavy atom. The number of fused-ring (bicyclic) bond motifs is 2. The zero-order chi connectivity index (χ0) is 63.8. The summed E-state index contributed by atoms with van der Waals surface area (Å²) in [5.41, 5.74) is 2.66. The molecule has 18 nitrogen and oxygen atoms in total. The first-order valence-electron chi connectivity index (χ1n) is 29.0. The van der Waals surface area contributed by atoms with Crippen LogP contribution in [0.5, 0.6) is 0 Å². The van der Waals surface area contributed by atoms with Gasteiger partial charge in [-0.1, -0.05) is 89.1 Å². The van der Waals surface area contributed by atoms with Crippen LogP contribution in [0.1, 0.15) is 106 Å². The van der Waals surface area contributed by atoms with Crippen LogP contribution in [0, 0.1) is 25.3 Å². The van der Waals surface area contributed by atoms with Crippen LogP contribution in [0.2, 0.25) is 0 Å². The molecule has 88 heavy (non-hydrogen) atoms. The molecule has 0 aliphatic carbocycles. The zero-order valence-corrected chi connectivity index (χ0v) is 51.1. The number of primary amides is 1. The first kappa shape index (κ1) is 66.0. The fourth-order valence-electron chi connectivity index (χ4n) is 11.1. The van der Waals surface area contributed by atoms with E-state index in [1.807, 2.05) is 38.1 Å². The Kier molecular flexibility index (Phi) is 21.0. The van der Waals surface area contributed by atoms with E-state index in [0.29, 0.717) is 31.2 Å². The number of H-pyrrole nitrogens is 1. The van der Waals surface area contributed by atoms with Gasteiger partial charge >= 0.3 is 197 Å². The van der Waals surface area contributed by atoms with E-state index < -0.39 is 145 Å². The van der Waals surface area contributed by atoms with Crippen LogP contribution in [0.4, 0.5) is 26.3 Å². The van der Waals surface area contributed by atoms with Crippen molar-refractivity contribution in [2.45, 2.75) is 146 Å². The van der Waals surface area contributed by atoms with E-state index in [0.717, 1.165) is 34.7 Å². The third-order valence-electron chi connectivity index (χ3n) is 16.5. The maximum atomic E-state index is 14.7. The second-order valence-corrected chi connectivity index (χ2v) is 25.9. The number of hydrogen-bond acceptors (Lipinski definition) is 9. The molecule has 4 aromatic carbocycles. The second kappa shape index (κ2) is 28.0. The first-order valence-corrected chi connectivity index (χ1v) is 32.1. The Morgan fingerprint density at radius 3 is 1.84 bits per heavy atom. The number of nitrogens with one attached hydrogen (secondary N) is 6. The van der Waals surface area contributed by atoms with Crippen molar-refractivity contribution in [3.63, 3.8) is 0 Å². The van der Waals surface area contributed by atoms with Gasteiger partial charge < -0.3 is 36.5 Å². The minimum atomic E-state index is -5.83. The van der Waals surface area contributed by atoms with E-state index in [1.165, 1.54) is 47.1 Å². The summed E-state index contributed by atoms with van der Waals surface area (Å²) in [6, 6.07) is 17.8. The van der Waals surface area contributed by atoms with Crippen molar-refractivity contribution in [1.82, 2.24) is 41.4 Å². The van der Waals surface area contributed by atoms with Gasteiger partial charge in [0.1, 0.15) is 30.2 Å². The molecule has 2 fully saturated rings. The molecular formula is C63H70F6IN9O9. The van der Waals surface area contributed by atoms with Crippen molar-refractivity contribution >= 4 is 78.4 Å². The Bertz CT molecular complexity index is 3450. The summed E-state index contributed by atoms with van der Waals surface area (Å²) in [5, 5.41) is 14.7. The number of benzene rings is 4. The van der Waals surface area contributed by atoms with E-state index in [4.69, 9.17) is 8.80 Å². The molecule has 0 bridgehead atoms. The second-order valence-electron chi connectivity index (χ2n) is 22.4. The minimum absolute atomic E-state index is 0.0177. The number of amides is 8. The van der Waals surface area contributed by atoms with E-state index in [2.05, 4.69) is 41.4 Å². The largest absolute Gasteiger partial charge is 0.368 e. The number of halogens is 7. The maximum absolute atomic E-state index is 14.7. The molecule has 9 atom stereocenters. The van der Waals surface area contributed by atoms with Gasteiger partial charge in [0.05, 0.1) is 0 Å². The number of likely N-dealkylation sites (tertiary alicyclic amines) is 2. The molecule has 0 saturated carbocycles. The third kappa shape index (κ3) is 14.4. The van der Waals surface area contributed by atoms with Crippen LogP contribution in [0.3, 0.4) is 0 Å². The van der Waals surface area contributed by atoms with Gasteiger partial charge in [0, 0.05) is 43.0 Å². The van der Waals surface area contributed by atoms with Crippen molar-refractivity contribution in [1.29, 1.82) is 0 Å². The Morgan fingerprint density at radius 1 is 0.670 bits per heavy atom. The minimum Gasteiger partial charge on any atom is -0.368 e. The van der Waals surface area contributed by atoms with Crippen molar-refractivity contribution in [2.24, 2.45) is 17.6 Å². The van der Waals surface area contributed by atoms with Gasteiger partial charge in [-0.15, -0.1) is 0 Å². The molecule has 8 rings (SSSR count). The van der Waals surface area contributed by atoms with Gasteiger partial charge in [-0.05, 0) is 54.7 Å². The maximum Gasteiger partial charge on any atom is 0.243 e. The van der Waals surface area contributed by atoms with Crippen molar-refractivity contribution in [3.8, 4) is 9.85 Å². The van der Waals surface area contributed by atoms with Crippen LogP contribution in [-0.2, 0) is 55.1 Å². The molecule has 8 N–H and O–H groups in total. The molecule has 470 valence electrons. The SMILES string of the molecule is CC[C@H](C)[C@H](NC(=O)[C@@H]1CCCN1C(=O)[C@@H](NC(=O)[C@@H]1CCCN1C(=O)[C@H](Cc1ccccc1)NC(=O)[C@H](C)NC(=O)c1ccc(C#CI2OC(C(F)(F)F)(C(F)(F)F)c3ccccc32)cc1)[C@@H](C)CC)C(=O)N[C@@H](Cc1c[nH]c2ccccc12)C(N)=O. The zero-order valence-electron chi connectivity index (χ0n) is 49.0. The predicted molar refractivity (Wildman–Crippen MR) is 322 cm³/mol. The Hall–Kier alpha value is -7.99. The summed E-state index contributed by atoms with van der Waals surface area (Å²) in [5.74, 6) is -3.50. The average molecular weight is 1340 g/mol. The molecule has 25 heteroatoms. The van der Waals surface area contributed by atoms with Crippen LogP contribution >= 0.6 is 20.2 Å². The molecule has 3 aliphatic heterocycles. The fraction of sp³-hybridized carbons (Fsp3) is 0.429. The number of para-hydroxylation sites is 1. The van der Waals surface area contributed by atoms with Gasteiger partial charge in [-0.2, -0.15) is 0 Å². The number of nitrogens with zero attached hydrogens (tertiary/aromatic N) is 2. The standard InChI is InChI=1S/C63H70F6IN9O9/c1-6-36(3)51(58(85)74-47(53(71)80)34-42-35-72-46-22-14-11-19-43(42)46)76-56(83)50-24-16-32-79(50)60(87)52(37(4)7-2)77-57(84)49-23-15-31-78(49)59(86)48(33-40-17-9-8-10-18-40)75-54(81)38(5)73-55(82)41-27-25-39(26-28-41)29-30-70-45-21-13-12-20-44(45)61(88-70,62(64,65)66)63(67,68)69/h8-14,17-22,25-28,35-38,47-52,72H,6-7,15-16,23-24,31-34H2,1-5H3,(H2,71,80)(H,73,82)(H,74,85)(H,75,81)(H,76,83)(H,77,84)/t36-,37-,38-,47-,48-,49-,50-,51-,52-/m0/s1. The number of carbonyl (C=O) groups excluding carboxylic acids is 8. The smallest absolute Gasteiger partial charge is 0.243 e. The third-order valence-corrected chi connectivity index (χ3v) is 20.4. The molecule has 1 aromatic heterocycles. The fourth-order valence-corrected chi connectivity index (χ4v) is 15.3. The molecule has 8 amide bonds. The van der Waals surface area contributed by atoms with Crippen molar-refractivity contribution in [3.05, 3.63) is 141 Å². The monoisotopic (exact) mass is 1340 g/mol. The number of carbonyl (C=O) groups is 8. The number of rotatable bonds is 21. The van der Waals surface area contributed by atoms with Gasteiger partial charge in [0.15, 0.2) is 0 Å². The number of aromatic amines is 1. The number of aromatic nitrogens is 1. The quantitative estimate of drug-likeness (QED) is 0.0222. The van der Waals surface area contributed by atoms with Gasteiger partial charge in [-0.25, -0.2) is 0 Å². The molecular weight excluding hydrogens is 1270 g/mol. The van der Waals surface area contributed by atoms with Crippen LogP contribution in [0.15, 0.2) is 109 Å². The van der Waals surface area contributed by atoms with E-state index in [-0.39, 0.29) is 53.5 Å². The summed E-state index contributed by atoms with van der Waals surface area (Å²) >= 11 is -3.88. The molecule has 3 aliphatic rings. The average Bonchev–Trinajstić information content (AvgIpc) is 1.55. The van der Waals surface area contributed by atoms with Crippen molar-refractivity contribution in [2.75, 3.05) is 13.1 Å². The molecule has 5 aromatic rings. The normalized spacial score (nSPS) is 19.1. The number of hydrogen-bond donors (Lipinski definition) is 7. The summed E-state index contributed by atoms with van der Waals surface area (Å²) in [6.07, 6.45) is -7.60. The van der Waals surface area contributed by atoms with Crippen LogP contribution < -0.4 is 32.3 Å². The van der Waals surface area contributed by atoms with Gasteiger partial charge in [0.2, 0.25) is 35.4 Å². The van der Waals surface area contributed by atoms with Gasteiger partial charge in [-0.3, -0.25) is 28.8 Å². The summed E-state index contributed by atoms with van der Waals surface area (Å²) in [4.78, 5) is 118. The van der Waals surface area contributed by atoms with E-state index in [9.17, 15) is 64.7 Å². The van der Waals surface area contributed by atoms with Crippen LogP contribution in [-0.4, -0.2) is 130 Å². The number of alkyl halides is 6. The molecule has 0 spiro atoms. The topological polar surface area (TPSA) is 254 Å². The van der Waals surface area contributed by atoms with E-state index in [1.54, 1.807) is 50.4 Å². The summed E-state index contributed by atoms with van der Waals surface area (Å²) in [7, 11) is 0. The first-order chi connectivity index (χ1) is 41.8. The van der Waals surface area contributed by atoms with Gasteiger partial charge in [0.25, 0.3) is 0 Å². The van der Waals surface area contributed by atoms with E-state index >= 15 is 0 Å². The molecule has 2 saturated heterocycles.